The lowest BCUT2D eigenvalue weighted by Crippen LogP contribution is -2.25. The lowest BCUT2D eigenvalue weighted by Gasteiger charge is -2.06. The van der Waals surface area contributed by atoms with Crippen molar-refractivity contribution in [2.45, 2.75) is 31.7 Å². The van der Waals surface area contributed by atoms with Crippen LogP contribution in [0.25, 0.3) is 0 Å². The molecule has 5 heteroatoms. The summed E-state index contributed by atoms with van der Waals surface area (Å²) in [5, 5.41) is 2.77. The molecule has 1 fully saturated rings. The van der Waals surface area contributed by atoms with Crippen LogP contribution < -0.4 is 5.32 Å². The lowest BCUT2D eigenvalue weighted by atomic mass is 10.1. The molecule has 0 radical (unpaired) electrons. The predicted octanol–water partition coefficient (Wildman–Crippen LogP) is 2.35. The maximum absolute atomic E-state index is 13.5. The fourth-order valence-electron chi connectivity index (χ4n) is 2.18. The molecular weight excluding hydrogens is 269 g/mol. The van der Waals surface area contributed by atoms with Crippen LogP contribution in [0.15, 0.2) is 36.7 Å². The Balaban J connectivity index is 1.56. The second kappa shape index (κ2) is 5.99. The number of carbonyl (C=O) groups is 1. The maximum atomic E-state index is 13.5. The van der Waals surface area contributed by atoms with Gasteiger partial charge in [-0.3, -0.25) is 4.79 Å². The summed E-state index contributed by atoms with van der Waals surface area (Å²) < 4.78 is 13.5. The van der Waals surface area contributed by atoms with E-state index in [0.29, 0.717) is 18.0 Å². The molecule has 0 bridgehead atoms. The Hall–Kier alpha value is -2.30. The van der Waals surface area contributed by atoms with Crippen LogP contribution in [-0.4, -0.2) is 15.9 Å². The van der Waals surface area contributed by atoms with Gasteiger partial charge in [0, 0.05) is 11.6 Å². The number of nitrogens with zero attached hydrogens (tertiary/aromatic N) is 2. The van der Waals surface area contributed by atoms with Crippen LogP contribution in [-0.2, 0) is 17.8 Å². The first-order chi connectivity index (χ1) is 10.2. The number of hydrogen-bond acceptors (Lipinski definition) is 3. The van der Waals surface area contributed by atoms with Crippen LogP contribution in [0.5, 0.6) is 0 Å². The van der Waals surface area contributed by atoms with Gasteiger partial charge in [0.2, 0.25) is 5.91 Å². The van der Waals surface area contributed by atoms with E-state index in [-0.39, 0.29) is 18.1 Å². The third-order valence-corrected chi connectivity index (χ3v) is 3.52. The predicted molar refractivity (Wildman–Crippen MR) is 76.0 cm³/mol. The van der Waals surface area contributed by atoms with Crippen molar-refractivity contribution in [3.63, 3.8) is 0 Å². The zero-order valence-electron chi connectivity index (χ0n) is 11.6. The van der Waals surface area contributed by atoms with Crippen LogP contribution in [0.4, 0.5) is 4.39 Å². The largest absolute Gasteiger partial charge is 0.350 e. The minimum atomic E-state index is -0.356. The molecule has 1 N–H and O–H groups in total. The number of rotatable bonds is 5. The van der Waals surface area contributed by atoms with E-state index in [1.54, 1.807) is 18.2 Å². The molecular formula is C16H16FN3O. The van der Waals surface area contributed by atoms with Crippen LogP contribution in [0, 0.1) is 5.82 Å². The number of nitrogens with one attached hydrogen (secondary N) is 1. The van der Waals surface area contributed by atoms with Gasteiger partial charge in [0.25, 0.3) is 0 Å². The van der Waals surface area contributed by atoms with Gasteiger partial charge < -0.3 is 5.32 Å². The van der Waals surface area contributed by atoms with E-state index < -0.39 is 0 Å². The van der Waals surface area contributed by atoms with Gasteiger partial charge in [0.15, 0.2) is 0 Å². The molecule has 1 aromatic heterocycles. The molecule has 1 saturated carbocycles. The maximum Gasteiger partial charge on any atom is 0.224 e. The van der Waals surface area contributed by atoms with E-state index in [2.05, 4.69) is 15.3 Å². The number of amides is 1. The topological polar surface area (TPSA) is 54.9 Å². The van der Waals surface area contributed by atoms with Gasteiger partial charge in [-0.2, -0.15) is 0 Å². The fourth-order valence-corrected chi connectivity index (χ4v) is 2.18. The summed E-state index contributed by atoms with van der Waals surface area (Å²) in [6.07, 6.45) is 3.92. The molecule has 1 aliphatic rings. The van der Waals surface area contributed by atoms with Crippen LogP contribution in [0.3, 0.4) is 0 Å². The Bertz CT molecular complexity index is 655. The highest BCUT2D eigenvalue weighted by Crippen LogP contribution is 2.38. The van der Waals surface area contributed by atoms with Gasteiger partial charge in [-0.25, -0.2) is 14.4 Å². The highest BCUT2D eigenvalue weighted by Gasteiger charge is 2.25. The highest BCUT2D eigenvalue weighted by atomic mass is 19.1. The normalized spacial score (nSPS) is 14.0. The first kappa shape index (κ1) is 13.7. The molecule has 2 aromatic rings. The molecule has 108 valence electrons. The summed E-state index contributed by atoms with van der Waals surface area (Å²) in [6.45, 7) is 0.343. The smallest absolute Gasteiger partial charge is 0.224 e. The van der Waals surface area contributed by atoms with Crippen molar-refractivity contribution in [2.24, 2.45) is 0 Å². The van der Waals surface area contributed by atoms with E-state index in [1.165, 1.54) is 25.2 Å². The molecule has 0 atom stereocenters. The number of aromatic nitrogens is 2. The Morgan fingerprint density at radius 3 is 2.86 bits per heavy atom. The van der Waals surface area contributed by atoms with E-state index in [1.807, 2.05) is 6.07 Å². The van der Waals surface area contributed by atoms with Gasteiger partial charge in [-0.15, -0.1) is 0 Å². The van der Waals surface area contributed by atoms with Gasteiger partial charge in [-0.05, 0) is 30.5 Å². The Labute approximate surface area is 122 Å². The second-order valence-corrected chi connectivity index (χ2v) is 5.25. The van der Waals surface area contributed by atoms with Gasteiger partial charge >= 0.3 is 0 Å². The second-order valence-electron chi connectivity index (χ2n) is 5.25. The molecule has 1 aromatic carbocycles. The first-order valence-electron chi connectivity index (χ1n) is 7.03. The monoisotopic (exact) mass is 285 g/mol. The molecule has 0 saturated heterocycles. The Kier molecular flexibility index (Phi) is 3.90. The first-order valence-corrected chi connectivity index (χ1v) is 7.03. The van der Waals surface area contributed by atoms with Crippen molar-refractivity contribution in [1.29, 1.82) is 0 Å². The minimum absolute atomic E-state index is 0.0350. The molecule has 4 nitrogen and oxygen atoms in total. The van der Waals surface area contributed by atoms with Crippen molar-refractivity contribution < 1.29 is 9.18 Å². The molecule has 3 rings (SSSR count). The Morgan fingerprint density at radius 2 is 2.10 bits per heavy atom. The van der Waals surface area contributed by atoms with Crippen molar-refractivity contribution in [1.82, 2.24) is 15.3 Å². The van der Waals surface area contributed by atoms with Crippen molar-refractivity contribution >= 4 is 5.91 Å². The SMILES string of the molecule is O=C(Cc1ccccc1F)NCc1cc(C2CC2)ncn1. The van der Waals surface area contributed by atoms with Crippen LogP contribution in [0.1, 0.15) is 35.7 Å². The van der Waals surface area contributed by atoms with Gasteiger partial charge in [0.1, 0.15) is 12.1 Å². The van der Waals surface area contributed by atoms with Gasteiger partial charge in [0.05, 0.1) is 18.7 Å². The molecule has 0 unspecified atom stereocenters. The van der Waals surface area contributed by atoms with E-state index in [9.17, 15) is 9.18 Å². The molecule has 1 aliphatic carbocycles. The minimum Gasteiger partial charge on any atom is -0.350 e. The van der Waals surface area contributed by atoms with E-state index in [0.717, 1.165) is 11.4 Å². The summed E-state index contributed by atoms with van der Waals surface area (Å²) in [6, 6.07) is 8.23. The van der Waals surface area contributed by atoms with Gasteiger partial charge in [-0.1, -0.05) is 18.2 Å². The summed E-state index contributed by atoms with van der Waals surface area (Å²) in [5.74, 6) is -0.0155. The number of carbonyl (C=O) groups excluding carboxylic acids is 1. The highest BCUT2D eigenvalue weighted by molar-refractivity contribution is 5.78. The third-order valence-electron chi connectivity index (χ3n) is 3.52. The molecule has 1 heterocycles. The van der Waals surface area contributed by atoms with E-state index in [4.69, 9.17) is 0 Å². The van der Waals surface area contributed by atoms with Crippen molar-refractivity contribution in [3.05, 3.63) is 59.4 Å². The number of benzene rings is 1. The average Bonchev–Trinajstić information content (AvgIpc) is 3.33. The summed E-state index contributed by atoms with van der Waals surface area (Å²) in [5.41, 5.74) is 2.23. The van der Waals surface area contributed by atoms with Crippen molar-refractivity contribution in [2.75, 3.05) is 0 Å². The zero-order valence-corrected chi connectivity index (χ0v) is 11.6. The summed E-state index contributed by atoms with van der Waals surface area (Å²) in [7, 11) is 0. The standard InChI is InChI=1S/C16H16FN3O/c17-14-4-2-1-3-12(14)7-16(21)18-9-13-8-15(11-5-6-11)20-10-19-13/h1-4,8,10-11H,5-7,9H2,(H,18,21). The molecule has 0 aliphatic heterocycles. The molecule has 0 spiro atoms. The van der Waals surface area contributed by atoms with Crippen LogP contribution >= 0.6 is 0 Å². The fraction of sp³-hybridized carbons (Fsp3) is 0.312. The third kappa shape index (κ3) is 3.62. The Morgan fingerprint density at radius 1 is 1.29 bits per heavy atom. The molecule has 21 heavy (non-hydrogen) atoms. The van der Waals surface area contributed by atoms with E-state index >= 15 is 0 Å². The van der Waals surface area contributed by atoms with Crippen molar-refractivity contribution in [3.8, 4) is 0 Å². The summed E-state index contributed by atoms with van der Waals surface area (Å²) >= 11 is 0. The zero-order chi connectivity index (χ0) is 14.7. The molecule has 1 amide bonds. The van der Waals surface area contributed by atoms with Crippen LogP contribution in [0.2, 0.25) is 0 Å². The number of hydrogen-bond donors (Lipinski definition) is 1. The quantitative estimate of drug-likeness (QED) is 0.917. The summed E-state index contributed by atoms with van der Waals surface area (Å²) in [4.78, 5) is 20.2. The number of halogens is 1. The lowest BCUT2D eigenvalue weighted by molar-refractivity contribution is -0.120. The average molecular weight is 285 g/mol.